The highest BCUT2D eigenvalue weighted by Crippen LogP contribution is 2.21. The predicted octanol–water partition coefficient (Wildman–Crippen LogP) is 2.00. The molecule has 0 amide bonds. The smallest absolute Gasteiger partial charge is 0.194 e. The average molecular weight is 455 g/mol. The van der Waals surface area contributed by atoms with Gasteiger partial charge in [-0.3, -0.25) is 4.99 Å². The number of hydrogen-bond acceptors (Lipinski definition) is 4. The van der Waals surface area contributed by atoms with Crippen molar-refractivity contribution in [1.29, 1.82) is 0 Å². The van der Waals surface area contributed by atoms with E-state index in [-0.39, 0.29) is 36.2 Å². The molecule has 2 N–H and O–H groups in total. The predicted molar refractivity (Wildman–Crippen MR) is 107 cm³/mol. The molecule has 142 valence electrons. The van der Waals surface area contributed by atoms with E-state index in [9.17, 15) is 5.11 Å². The molecule has 2 saturated heterocycles. The van der Waals surface area contributed by atoms with Crippen LogP contribution in [0.4, 0.5) is 0 Å². The molecule has 0 spiro atoms. The van der Waals surface area contributed by atoms with E-state index < -0.39 is 5.60 Å². The first-order valence-electron chi connectivity index (χ1n) is 9.10. The van der Waals surface area contributed by atoms with Crippen molar-refractivity contribution in [2.45, 2.75) is 64.3 Å². The van der Waals surface area contributed by atoms with Crippen LogP contribution in [0.5, 0.6) is 0 Å². The molecule has 2 fully saturated rings. The lowest BCUT2D eigenvalue weighted by Gasteiger charge is -2.37. The molecule has 0 saturated carbocycles. The molecule has 0 aliphatic carbocycles. The molecule has 2 atom stereocenters. The Bertz CT molecular complexity index is 385. The number of aliphatic imine (C=N–C) groups is 1. The van der Waals surface area contributed by atoms with Gasteiger partial charge >= 0.3 is 0 Å². The molecule has 0 aromatic heterocycles. The first kappa shape index (κ1) is 21.9. The number of nitrogens with zero attached hydrogens (tertiary/aromatic N) is 2. The van der Waals surface area contributed by atoms with E-state index in [1.807, 2.05) is 13.8 Å². The lowest BCUT2D eigenvalue weighted by molar-refractivity contribution is -0.0817. The number of morpholine rings is 1. The zero-order chi connectivity index (χ0) is 16.7. The van der Waals surface area contributed by atoms with Crippen LogP contribution in [0.15, 0.2) is 4.99 Å². The van der Waals surface area contributed by atoms with Crippen molar-refractivity contribution < 1.29 is 14.6 Å². The van der Waals surface area contributed by atoms with Crippen molar-refractivity contribution in [3.8, 4) is 0 Å². The van der Waals surface area contributed by atoms with Crippen molar-refractivity contribution in [2.24, 2.45) is 4.99 Å². The van der Waals surface area contributed by atoms with Crippen LogP contribution in [0, 0.1) is 0 Å². The van der Waals surface area contributed by atoms with Crippen LogP contribution >= 0.6 is 24.0 Å². The molecule has 2 aliphatic heterocycles. The summed E-state index contributed by atoms with van der Waals surface area (Å²) in [4.78, 5) is 6.94. The van der Waals surface area contributed by atoms with Gasteiger partial charge in [0.05, 0.1) is 24.9 Å². The fourth-order valence-electron chi connectivity index (χ4n) is 3.11. The molecule has 0 aromatic rings. The summed E-state index contributed by atoms with van der Waals surface area (Å²) in [5.41, 5.74) is -0.707. The molecule has 0 aromatic carbocycles. The van der Waals surface area contributed by atoms with Crippen LogP contribution < -0.4 is 5.32 Å². The van der Waals surface area contributed by atoms with Crippen LogP contribution in [0.1, 0.15) is 46.5 Å². The van der Waals surface area contributed by atoms with Crippen molar-refractivity contribution in [3.05, 3.63) is 0 Å². The van der Waals surface area contributed by atoms with Gasteiger partial charge in [0.15, 0.2) is 5.96 Å². The van der Waals surface area contributed by atoms with Crippen LogP contribution in [-0.4, -0.2) is 73.2 Å². The van der Waals surface area contributed by atoms with Gasteiger partial charge in [-0.1, -0.05) is 13.8 Å². The molecule has 2 rings (SSSR count). The molecule has 0 bridgehead atoms. The maximum Gasteiger partial charge on any atom is 0.194 e. The number of guanidine groups is 1. The van der Waals surface area contributed by atoms with Crippen LogP contribution in [-0.2, 0) is 9.47 Å². The van der Waals surface area contributed by atoms with Gasteiger partial charge in [-0.2, -0.15) is 0 Å². The zero-order valence-electron chi connectivity index (χ0n) is 15.3. The minimum Gasteiger partial charge on any atom is -0.388 e. The summed E-state index contributed by atoms with van der Waals surface area (Å²) in [6.07, 6.45) is 3.97. The fraction of sp³-hybridized carbons (Fsp3) is 0.941. The van der Waals surface area contributed by atoms with Crippen molar-refractivity contribution >= 4 is 29.9 Å². The standard InChI is InChI=1S/C17H33N3O3.HI/c1-4-17(21,5-2)13-19-16(18-6-3)20-9-11-23-15(12-20)14-8-7-10-22-14;/h14-15,21H,4-13H2,1-3H3,(H,18,19);1H. The van der Waals surface area contributed by atoms with Crippen LogP contribution in [0.3, 0.4) is 0 Å². The van der Waals surface area contributed by atoms with Gasteiger partial charge in [0.2, 0.25) is 0 Å². The fourth-order valence-corrected chi connectivity index (χ4v) is 3.11. The molecular weight excluding hydrogens is 421 g/mol. The first-order valence-corrected chi connectivity index (χ1v) is 9.10. The van der Waals surface area contributed by atoms with Gasteiger partial charge in [0.1, 0.15) is 6.10 Å². The minimum atomic E-state index is -0.707. The lowest BCUT2D eigenvalue weighted by atomic mass is 9.98. The lowest BCUT2D eigenvalue weighted by Crippen LogP contribution is -2.53. The number of nitrogens with one attached hydrogen (secondary N) is 1. The highest BCUT2D eigenvalue weighted by atomic mass is 127. The third-order valence-corrected chi connectivity index (χ3v) is 4.95. The number of aliphatic hydroxyl groups is 1. The maximum absolute atomic E-state index is 10.5. The summed E-state index contributed by atoms with van der Waals surface area (Å²) in [6, 6.07) is 0. The summed E-state index contributed by atoms with van der Waals surface area (Å²) in [6.45, 7) is 10.5. The quantitative estimate of drug-likeness (QED) is 0.365. The Morgan fingerprint density at radius 2 is 1.92 bits per heavy atom. The zero-order valence-corrected chi connectivity index (χ0v) is 17.6. The third kappa shape index (κ3) is 6.00. The van der Waals surface area contributed by atoms with Gasteiger partial charge in [-0.05, 0) is 32.6 Å². The van der Waals surface area contributed by atoms with E-state index in [4.69, 9.17) is 14.5 Å². The first-order chi connectivity index (χ1) is 11.1. The second-order valence-corrected chi connectivity index (χ2v) is 6.51. The summed E-state index contributed by atoms with van der Waals surface area (Å²) in [5, 5.41) is 13.8. The molecule has 2 heterocycles. The van der Waals surface area contributed by atoms with Crippen molar-refractivity contribution in [1.82, 2.24) is 10.2 Å². The Labute approximate surface area is 163 Å². The average Bonchev–Trinajstić information content (AvgIpc) is 3.13. The number of hydrogen-bond donors (Lipinski definition) is 2. The van der Waals surface area contributed by atoms with Gasteiger partial charge < -0.3 is 24.8 Å². The SMILES string of the molecule is CCNC(=NCC(O)(CC)CC)N1CCOC(C2CCCO2)C1.I. The van der Waals surface area contributed by atoms with Crippen LogP contribution in [0.25, 0.3) is 0 Å². The molecule has 7 heteroatoms. The number of halogens is 1. The van der Waals surface area contributed by atoms with Gasteiger partial charge in [0.25, 0.3) is 0 Å². The normalized spacial score (nSPS) is 25.5. The van der Waals surface area contributed by atoms with E-state index in [0.29, 0.717) is 26.0 Å². The van der Waals surface area contributed by atoms with Gasteiger partial charge in [-0.25, -0.2) is 0 Å². The third-order valence-electron chi connectivity index (χ3n) is 4.95. The molecule has 2 unspecified atom stereocenters. The molecule has 24 heavy (non-hydrogen) atoms. The van der Waals surface area contributed by atoms with E-state index in [1.54, 1.807) is 0 Å². The molecular formula is C17H34IN3O3. The highest BCUT2D eigenvalue weighted by Gasteiger charge is 2.32. The van der Waals surface area contributed by atoms with E-state index in [0.717, 1.165) is 45.0 Å². The molecule has 2 aliphatic rings. The summed E-state index contributed by atoms with van der Waals surface area (Å²) < 4.78 is 11.7. The van der Waals surface area contributed by atoms with E-state index in [1.165, 1.54) is 0 Å². The Morgan fingerprint density at radius 1 is 1.21 bits per heavy atom. The second-order valence-electron chi connectivity index (χ2n) is 6.51. The van der Waals surface area contributed by atoms with Crippen LogP contribution in [0.2, 0.25) is 0 Å². The van der Waals surface area contributed by atoms with Gasteiger partial charge in [-0.15, -0.1) is 24.0 Å². The maximum atomic E-state index is 10.5. The summed E-state index contributed by atoms with van der Waals surface area (Å²) >= 11 is 0. The Kier molecular flexibility index (Phi) is 9.84. The topological polar surface area (TPSA) is 66.3 Å². The van der Waals surface area contributed by atoms with Gasteiger partial charge in [0, 0.05) is 26.2 Å². The summed E-state index contributed by atoms with van der Waals surface area (Å²) in [7, 11) is 0. The van der Waals surface area contributed by atoms with E-state index in [2.05, 4.69) is 17.1 Å². The number of ether oxygens (including phenoxy) is 2. The monoisotopic (exact) mass is 455 g/mol. The van der Waals surface area contributed by atoms with Crippen molar-refractivity contribution in [2.75, 3.05) is 39.4 Å². The largest absolute Gasteiger partial charge is 0.388 e. The minimum absolute atomic E-state index is 0. The Hall–Kier alpha value is -0.120. The number of rotatable bonds is 6. The Balaban J connectivity index is 0.00000288. The Morgan fingerprint density at radius 3 is 2.50 bits per heavy atom. The van der Waals surface area contributed by atoms with Crippen molar-refractivity contribution in [3.63, 3.8) is 0 Å². The molecule has 6 nitrogen and oxygen atoms in total. The summed E-state index contributed by atoms with van der Waals surface area (Å²) in [5.74, 6) is 0.874. The van der Waals surface area contributed by atoms with E-state index >= 15 is 0 Å². The highest BCUT2D eigenvalue weighted by molar-refractivity contribution is 14.0. The second kappa shape index (κ2) is 10.8. The molecule has 0 radical (unpaired) electrons.